The van der Waals surface area contributed by atoms with E-state index in [4.69, 9.17) is 0 Å². The molecule has 2 N–H and O–H groups in total. The maximum Gasteiger partial charge on any atom is 0.265 e. The Morgan fingerprint density at radius 2 is 2.12 bits per heavy atom. The van der Waals surface area contributed by atoms with Crippen molar-refractivity contribution in [3.63, 3.8) is 0 Å². The van der Waals surface area contributed by atoms with Crippen LogP contribution in [0.25, 0.3) is 11.6 Å². The lowest BCUT2D eigenvalue weighted by molar-refractivity contribution is 0.801. The molecule has 0 aliphatic heterocycles. The van der Waals surface area contributed by atoms with Crippen LogP contribution < -0.4 is 5.56 Å². The Morgan fingerprint density at radius 3 is 2.69 bits per heavy atom. The van der Waals surface area contributed by atoms with Crippen molar-refractivity contribution in [1.29, 1.82) is 0 Å². The molecule has 6 heteroatoms. The lowest BCUT2D eigenvalue weighted by Gasteiger charge is -2.07. The minimum Gasteiger partial charge on any atom is -0.342 e. The fourth-order valence-electron chi connectivity index (χ4n) is 1.37. The smallest absolute Gasteiger partial charge is 0.265 e. The minimum absolute atomic E-state index is 0.172. The molecule has 2 rings (SSSR count). The average molecular weight is 283 g/mol. The highest BCUT2D eigenvalue weighted by Crippen LogP contribution is 2.20. The van der Waals surface area contributed by atoms with Gasteiger partial charge in [-0.1, -0.05) is 13.8 Å². The third kappa shape index (κ3) is 1.92. The summed E-state index contributed by atoms with van der Waals surface area (Å²) in [6.45, 7) is 3.97. The fraction of sp³-hybridized carbons (Fsp3) is 0.300. The Morgan fingerprint density at radius 1 is 1.38 bits per heavy atom. The zero-order valence-electron chi connectivity index (χ0n) is 8.91. The normalized spacial score (nSPS) is 11.0. The van der Waals surface area contributed by atoms with Crippen molar-refractivity contribution in [3.05, 3.63) is 32.9 Å². The number of aromatic nitrogens is 4. The second kappa shape index (κ2) is 4.21. The van der Waals surface area contributed by atoms with Crippen LogP contribution in [0.1, 0.15) is 25.5 Å². The van der Waals surface area contributed by atoms with Gasteiger partial charge in [-0.15, -0.1) is 0 Å². The van der Waals surface area contributed by atoms with Crippen LogP contribution in [0, 0.1) is 0 Å². The van der Waals surface area contributed by atoms with Gasteiger partial charge in [-0.2, -0.15) is 0 Å². The first-order valence-electron chi connectivity index (χ1n) is 4.89. The molecule has 0 amide bonds. The van der Waals surface area contributed by atoms with E-state index in [-0.39, 0.29) is 11.5 Å². The van der Waals surface area contributed by atoms with Gasteiger partial charge in [0, 0.05) is 12.4 Å². The number of hydrogen-bond donors (Lipinski definition) is 2. The number of aromatic amines is 2. The predicted octanol–water partition coefficient (Wildman–Crippen LogP) is 2.05. The van der Waals surface area contributed by atoms with Crippen LogP contribution in [0.3, 0.4) is 0 Å². The molecule has 0 aliphatic carbocycles. The molecule has 84 valence electrons. The summed E-state index contributed by atoms with van der Waals surface area (Å²) in [7, 11) is 0. The number of hydrogen-bond acceptors (Lipinski definition) is 3. The molecule has 0 fully saturated rings. The zero-order chi connectivity index (χ0) is 11.7. The summed E-state index contributed by atoms with van der Waals surface area (Å²) in [6, 6.07) is 0. The lowest BCUT2D eigenvalue weighted by atomic mass is 10.1. The molecular formula is C10H11BrN4O. The first kappa shape index (κ1) is 11.1. The first-order chi connectivity index (χ1) is 7.59. The van der Waals surface area contributed by atoms with Crippen LogP contribution in [-0.2, 0) is 0 Å². The summed E-state index contributed by atoms with van der Waals surface area (Å²) in [6.07, 6.45) is 3.30. The van der Waals surface area contributed by atoms with Crippen LogP contribution in [0.5, 0.6) is 0 Å². The van der Waals surface area contributed by atoms with E-state index < -0.39 is 0 Å². The molecule has 2 aromatic rings. The van der Waals surface area contributed by atoms with E-state index in [1.807, 2.05) is 13.8 Å². The standard InChI is InChI=1S/C10H11BrN4O/c1-5(2)7-6(11)10(16)15-9(14-7)8-12-3-4-13-8/h3-5H,1-2H3,(H,12,13)(H,14,15,16). The Kier molecular flexibility index (Phi) is 2.91. The van der Waals surface area contributed by atoms with Gasteiger partial charge in [0.2, 0.25) is 0 Å². The van der Waals surface area contributed by atoms with Gasteiger partial charge in [-0.25, -0.2) is 9.97 Å². The predicted molar refractivity (Wildman–Crippen MR) is 64.2 cm³/mol. The van der Waals surface area contributed by atoms with Crippen molar-refractivity contribution in [1.82, 2.24) is 19.9 Å². The van der Waals surface area contributed by atoms with Crippen LogP contribution in [0.15, 0.2) is 21.7 Å². The summed E-state index contributed by atoms with van der Waals surface area (Å²) in [5.74, 6) is 1.19. The highest BCUT2D eigenvalue weighted by atomic mass is 79.9. The Balaban J connectivity index is 2.62. The van der Waals surface area contributed by atoms with Crippen molar-refractivity contribution in [3.8, 4) is 11.6 Å². The van der Waals surface area contributed by atoms with Gasteiger partial charge in [0.15, 0.2) is 11.6 Å². The van der Waals surface area contributed by atoms with Gasteiger partial charge >= 0.3 is 0 Å². The van der Waals surface area contributed by atoms with Gasteiger partial charge in [0.25, 0.3) is 5.56 Å². The van der Waals surface area contributed by atoms with Crippen molar-refractivity contribution in [2.45, 2.75) is 19.8 Å². The van der Waals surface area contributed by atoms with Crippen LogP contribution >= 0.6 is 15.9 Å². The summed E-state index contributed by atoms with van der Waals surface area (Å²) < 4.78 is 0.484. The van der Waals surface area contributed by atoms with Gasteiger partial charge in [0.1, 0.15) is 4.47 Å². The molecule has 0 aromatic carbocycles. The van der Waals surface area contributed by atoms with E-state index in [0.29, 0.717) is 16.1 Å². The van der Waals surface area contributed by atoms with Gasteiger partial charge in [-0.3, -0.25) is 4.79 Å². The molecule has 0 aliphatic rings. The number of nitrogens with zero attached hydrogens (tertiary/aromatic N) is 2. The van der Waals surface area contributed by atoms with Crippen LogP contribution in [0.2, 0.25) is 0 Å². The molecule has 0 saturated carbocycles. The summed E-state index contributed by atoms with van der Waals surface area (Å²) in [4.78, 5) is 25.7. The molecule has 5 nitrogen and oxygen atoms in total. The maximum atomic E-state index is 11.7. The minimum atomic E-state index is -0.190. The molecule has 0 radical (unpaired) electrons. The average Bonchev–Trinajstić information content (AvgIpc) is 2.74. The second-order valence-corrected chi connectivity index (χ2v) is 4.50. The zero-order valence-corrected chi connectivity index (χ0v) is 10.5. The van der Waals surface area contributed by atoms with E-state index in [2.05, 4.69) is 35.9 Å². The monoisotopic (exact) mass is 282 g/mol. The van der Waals surface area contributed by atoms with E-state index in [0.717, 1.165) is 5.69 Å². The number of nitrogens with one attached hydrogen (secondary N) is 2. The highest BCUT2D eigenvalue weighted by Gasteiger charge is 2.13. The molecule has 16 heavy (non-hydrogen) atoms. The van der Waals surface area contributed by atoms with E-state index in [9.17, 15) is 4.79 Å². The number of rotatable bonds is 2. The Bertz CT molecular complexity index is 544. The molecule has 0 saturated heterocycles. The van der Waals surface area contributed by atoms with Gasteiger partial charge < -0.3 is 9.97 Å². The third-order valence-corrected chi connectivity index (χ3v) is 2.92. The quantitative estimate of drug-likeness (QED) is 0.885. The second-order valence-electron chi connectivity index (χ2n) is 3.71. The molecule has 2 heterocycles. The summed E-state index contributed by atoms with van der Waals surface area (Å²) in [5, 5.41) is 0. The van der Waals surface area contributed by atoms with Crippen molar-refractivity contribution in [2.24, 2.45) is 0 Å². The molecule has 0 unspecified atom stereocenters. The molecular weight excluding hydrogens is 272 g/mol. The largest absolute Gasteiger partial charge is 0.342 e. The van der Waals surface area contributed by atoms with E-state index in [1.54, 1.807) is 12.4 Å². The number of imidazole rings is 1. The SMILES string of the molecule is CC(C)c1nc(-c2ncc[nH]2)[nH]c(=O)c1Br. The Labute approximate surface area is 100 Å². The van der Waals surface area contributed by atoms with Crippen molar-refractivity contribution < 1.29 is 0 Å². The van der Waals surface area contributed by atoms with Crippen LogP contribution in [-0.4, -0.2) is 19.9 Å². The topological polar surface area (TPSA) is 74.4 Å². The Hall–Kier alpha value is -1.43. The first-order valence-corrected chi connectivity index (χ1v) is 5.68. The summed E-state index contributed by atoms with van der Waals surface area (Å²) >= 11 is 3.24. The molecule has 0 bridgehead atoms. The summed E-state index contributed by atoms with van der Waals surface area (Å²) in [5.41, 5.74) is 0.542. The van der Waals surface area contributed by atoms with Crippen LogP contribution in [0.4, 0.5) is 0 Å². The molecule has 0 atom stereocenters. The molecule has 0 spiro atoms. The maximum absolute atomic E-state index is 11.7. The van der Waals surface area contributed by atoms with Gasteiger partial charge in [-0.05, 0) is 21.8 Å². The van der Waals surface area contributed by atoms with Gasteiger partial charge in [0.05, 0.1) is 5.69 Å². The van der Waals surface area contributed by atoms with Crippen molar-refractivity contribution >= 4 is 15.9 Å². The lowest BCUT2D eigenvalue weighted by Crippen LogP contribution is -2.14. The number of halogens is 1. The van der Waals surface area contributed by atoms with E-state index in [1.165, 1.54) is 0 Å². The third-order valence-electron chi connectivity index (χ3n) is 2.16. The number of H-pyrrole nitrogens is 2. The molecule has 2 aromatic heterocycles. The highest BCUT2D eigenvalue weighted by molar-refractivity contribution is 9.10. The fourth-order valence-corrected chi connectivity index (χ4v) is 2.01. The van der Waals surface area contributed by atoms with Crippen molar-refractivity contribution in [2.75, 3.05) is 0 Å². The van der Waals surface area contributed by atoms with E-state index >= 15 is 0 Å².